The van der Waals surface area contributed by atoms with Crippen LogP contribution in [0.3, 0.4) is 0 Å². The number of hydroxylamine groups is 1. The lowest BCUT2D eigenvalue weighted by molar-refractivity contribution is 0.0861. The predicted molar refractivity (Wildman–Crippen MR) is 58.6 cm³/mol. The van der Waals surface area contributed by atoms with E-state index in [9.17, 15) is 0 Å². The number of nitrogens with one attached hydrogen (secondary N) is 1. The van der Waals surface area contributed by atoms with Crippen molar-refractivity contribution >= 4 is 11.8 Å². The summed E-state index contributed by atoms with van der Waals surface area (Å²) in [5.41, 5.74) is 3.90. The number of benzene rings is 1. The van der Waals surface area contributed by atoms with Crippen LogP contribution >= 0.6 is 11.8 Å². The minimum Gasteiger partial charge on any atom is -0.496 e. The van der Waals surface area contributed by atoms with Crippen molar-refractivity contribution in [3.63, 3.8) is 0 Å². The Bertz CT molecular complexity index is 291. The van der Waals surface area contributed by atoms with Crippen molar-refractivity contribution in [3.8, 4) is 5.75 Å². The maximum absolute atomic E-state index is 5.24. The minimum atomic E-state index is 0.647. The van der Waals surface area contributed by atoms with Crippen LogP contribution < -0.4 is 10.2 Å². The molecule has 3 nitrogen and oxygen atoms in total. The van der Waals surface area contributed by atoms with Crippen molar-refractivity contribution in [1.82, 2.24) is 5.48 Å². The lowest BCUT2D eigenvalue weighted by Gasteiger charge is -2.09. The Morgan fingerprint density at radius 2 is 2.14 bits per heavy atom. The van der Waals surface area contributed by atoms with Gasteiger partial charge in [-0.05, 0) is 24.5 Å². The van der Waals surface area contributed by atoms with E-state index in [0.29, 0.717) is 6.54 Å². The summed E-state index contributed by atoms with van der Waals surface area (Å²) in [5.74, 6) is 0.882. The van der Waals surface area contributed by atoms with Gasteiger partial charge in [-0.1, -0.05) is 0 Å². The van der Waals surface area contributed by atoms with Crippen LogP contribution in [-0.2, 0) is 11.4 Å². The van der Waals surface area contributed by atoms with Crippen molar-refractivity contribution < 1.29 is 9.57 Å². The SMILES string of the molecule is CONCc1cc(SC)ccc1OC. The fraction of sp³-hybridized carbons (Fsp3) is 0.400. The summed E-state index contributed by atoms with van der Waals surface area (Å²) in [6.45, 7) is 0.647. The quantitative estimate of drug-likeness (QED) is 0.599. The molecule has 0 saturated heterocycles. The van der Waals surface area contributed by atoms with Gasteiger partial charge in [0.2, 0.25) is 0 Å². The van der Waals surface area contributed by atoms with E-state index in [-0.39, 0.29) is 0 Å². The number of hydrogen-bond donors (Lipinski definition) is 1. The van der Waals surface area contributed by atoms with Gasteiger partial charge < -0.3 is 9.57 Å². The largest absolute Gasteiger partial charge is 0.496 e. The molecule has 0 saturated carbocycles. The maximum Gasteiger partial charge on any atom is 0.123 e. The number of thioether (sulfide) groups is 1. The number of rotatable bonds is 5. The molecule has 78 valence electrons. The van der Waals surface area contributed by atoms with Crippen molar-refractivity contribution in [2.45, 2.75) is 11.4 Å². The molecule has 0 aromatic heterocycles. The third kappa shape index (κ3) is 2.90. The molecule has 4 heteroatoms. The normalized spacial score (nSPS) is 10.2. The van der Waals surface area contributed by atoms with E-state index < -0.39 is 0 Å². The first kappa shape index (κ1) is 11.4. The van der Waals surface area contributed by atoms with Gasteiger partial charge in [0, 0.05) is 17.0 Å². The van der Waals surface area contributed by atoms with Crippen LogP contribution in [0.2, 0.25) is 0 Å². The summed E-state index contributed by atoms with van der Waals surface area (Å²) in [4.78, 5) is 6.03. The molecular formula is C10H15NO2S. The fourth-order valence-electron chi connectivity index (χ4n) is 1.17. The van der Waals surface area contributed by atoms with E-state index in [1.165, 1.54) is 4.90 Å². The average Bonchev–Trinajstić information content (AvgIpc) is 2.25. The van der Waals surface area contributed by atoms with Crippen LogP contribution in [0.4, 0.5) is 0 Å². The molecule has 0 bridgehead atoms. The third-order valence-electron chi connectivity index (χ3n) is 1.89. The Hall–Kier alpha value is -0.710. The molecule has 1 rings (SSSR count). The Balaban J connectivity index is 2.84. The first-order chi connectivity index (χ1) is 6.81. The van der Waals surface area contributed by atoms with Crippen LogP contribution in [0.25, 0.3) is 0 Å². The van der Waals surface area contributed by atoms with Gasteiger partial charge in [0.05, 0.1) is 14.2 Å². The van der Waals surface area contributed by atoms with Crippen LogP contribution in [0.1, 0.15) is 5.56 Å². The number of methoxy groups -OCH3 is 1. The van der Waals surface area contributed by atoms with E-state index in [4.69, 9.17) is 9.57 Å². The molecule has 14 heavy (non-hydrogen) atoms. The monoisotopic (exact) mass is 213 g/mol. The lowest BCUT2D eigenvalue weighted by atomic mass is 10.2. The molecule has 0 heterocycles. The Morgan fingerprint density at radius 3 is 2.71 bits per heavy atom. The molecular weight excluding hydrogens is 198 g/mol. The predicted octanol–water partition coefficient (Wildman–Crippen LogP) is 2.07. The second-order valence-electron chi connectivity index (χ2n) is 2.70. The van der Waals surface area contributed by atoms with Gasteiger partial charge in [0.25, 0.3) is 0 Å². The molecule has 0 spiro atoms. The zero-order valence-electron chi connectivity index (χ0n) is 8.66. The van der Waals surface area contributed by atoms with Gasteiger partial charge >= 0.3 is 0 Å². The van der Waals surface area contributed by atoms with E-state index in [1.807, 2.05) is 12.1 Å². The second kappa shape index (κ2) is 5.90. The first-order valence-corrected chi connectivity index (χ1v) is 5.51. The van der Waals surface area contributed by atoms with Crippen molar-refractivity contribution in [1.29, 1.82) is 0 Å². The Morgan fingerprint density at radius 1 is 1.36 bits per heavy atom. The highest BCUT2D eigenvalue weighted by atomic mass is 32.2. The Labute approximate surface area is 88.7 Å². The molecule has 0 amide bonds. The maximum atomic E-state index is 5.24. The molecule has 1 N–H and O–H groups in total. The molecule has 1 aromatic carbocycles. The van der Waals surface area contributed by atoms with E-state index in [2.05, 4.69) is 17.8 Å². The van der Waals surface area contributed by atoms with Crippen LogP contribution in [0.5, 0.6) is 5.75 Å². The number of hydrogen-bond acceptors (Lipinski definition) is 4. The summed E-state index contributed by atoms with van der Waals surface area (Å²) in [7, 11) is 3.27. The van der Waals surface area contributed by atoms with E-state index >= 15 is 0 Å². The highest BCUT2D eigenvalue weighted by Gasteiger charge is 2.03. The van der Waals surface area contributed by atoms with Gasteiger partial charge in [0.1, 0.15) is 5.75 Å². The van der Waals surface area contributed by atoms with E-state index in [0.717, 1.165) is 11.3 Å². The van der Waals surface area contributed by atoms with Gasteiger partial charge in [-0.25, -0.2) is 0 Å². The summed E-state index contributed by atoms with van der Waals surface area (Å²) < 4.78 is 5.24. The van der Waals surface area contributed by atoms with Gasteiger partial charge in [0.15, 0.2) is 0 Å². The van der Waals surface area contributed by atoms with Crippen LogP contribution in [0.15, 0.2) is 23.1 Å². The highest BCUT2D eigenvalue weighted by Crippen LogP contribution is 2.24. The Kier molecular flexibility index (Phi) is 4.79. The highest BCUT2D eigenvalue weighted by molar-refractivity contribution is 7.98. The van der Waals surface area contributed by atoms with Gasteiger partial charge in [-0.2, -0.15) is 5.48 Å². The standard InChI is InChI=1S/C10H15NO2S/c1-12-10-5-4-9(14-3)6-8(10)7-11-13-2/h4-6,11H,7H2,1-3H3. The fourth-order valence-corrected chi connectivity index (χ4v) is 1.63. The molecule has 0 atom stereocenters. The van der Waals surface area contributed by atoms with Crippen molar-refractivity contribution in [2.24, 2.45) is 0 Å². The zero-order chi connectivity index (χ0) is 10.4. The minimum absolute atomic E-state index is 0.647. The molecule has 0 aliphatic heterocycles. The lowest BCUT2D eigenvalue weighted by Crippen LogP contribution is -2.11. The van der Waals surface area contributed by atoms with Crippen LogP contribution in [-0.4, -0.2) is 20.5 Å². The molecule has 0 aliphatic carbocycles. The van der Waals surface area contributed by atoms with Crippen molar-refractivity contribution in [2.75, 3.05) is 20.5 Å². The topological polar surface area (TPSA) is 30.5 Å². The molecule has 0 fully saturated rings. The first-order valence-electron chi connectivity index (χ1n) is 4.28. The summed E-state index contributed by atoms with van der Waals surface area (Å²) in [5, 5.41) is 0. The number of ether oxygens (including phenoxy) is 1. The summed E-state index contributed by atoms with van der Waals surface area (Å²) >= 11 is 1.71. The average molecular weight is 213 g/mol. The summed E-state index contributed by atoms with van der Waals surface area (Å²) in [6, 6.07) is 6.10. The van der Waals surface area contributed by atoms with E-state index in [1.54, 1.807) is 26.0 Å². The third-order valence-corrected chi connectivity index (χ3v) is 2.62. The van der Waals surface area contributed by atoms with Gasteiger partial charge in [-0.3, -0.25) is 0 Å². The van der Waals surface area contributed by atoms with Crippen LogP contribution in [0, 0.1) is 0 Å². The molecule has 0 unspecified atom stereocenters. The molecule has 0 radical (unpaired) electrons. The second-order valence-corrected chi connectivity index (χ2v) is 3.58. The molecule has 1 aromatic rings. The zero-order valence-corrected chi connectivity index (χ0v) is 9.48. The smallest absolute Gasteiger partial charge is 0.123 e. The van der Waals surface area contributed by atoms with Gasteiger partial charge in [-0.15, -0.1) is 11.8 Å². The molecule has 0 aliphatic rings. The summed E-state index contributed by atoms with van der Waals surface area (Å²) in [6.07, 6.45) is 2.05. The van der Waals surface area contributed by atoms with Crippen molar-refractivity contribution in [3.05, 3.63) is 23.8 Å².